The summed E-state index contributed by atoms with van der Waals surface area (Å²) in [6, 6.07) is 1.65. The number of hydrogen-bond donors (Lipinski definition) is 1. The number of piperidine rings is 1. The molecule has 0 radical (unpaired) electrons. The van der Waals surface area contributed by atoms with Crippen LogP contribution in [0.5, 0.6) is 0 Å². The van der Waals surface area contributed by atoms with E-state index < -0.39 is 0 Å². The molecule has 0 aromatic carbocycles. The molecule has 2 saturated heterocycles. The minimum Gasteiger partial charge on any atom is -0.315 e. The normalized spacial score (nSPS) is 26.7. The van der Waals surface area contributed by atoms with Crippen molar-refractivity contribution in [3.8, 4) is 0 Å². The van der Waals surface area contributed by atoms with Crippen LogP contribution in [-0.2, 0) is 0 Å². The smallest absolute Gasteiger partial charge is 0.0235 e. The summed E-state index contributed by atoms with van der Waals surface area (Å²) in [5.74, 6) is 0.808. The average molecular weight is 267 g/mol. The second-order valence-electron chi connectivity index (χ2n) is 6.81. The average Bonchev–Trinajstić information content (AvgIpc) is 2.90. The number of hydrogen-bond acceptors (Lipinski definition) is 3. The van der Waals surface area contributed by atoms with Gasteiger partial charge in [-0.15, -0.1) is 0 Å². The zero-order valence-electron chi connectivity index (χ0n) is 13.2. The molecule has 3 heteroatoms. The summed E-state index contributed by atoms with van der Waals surface area (Å²) in [6.07, 6.45) is 5.40. The Hall–Kier alpha value is -0.120. The first kappa shape index (κ1) is 15.3. The molecular weight excluding hydrogens is 234 g/mol. The number of nitrogens with zero attached hydrogens (tertiary/aromatic N) is 2. The fourth-order valence-electron chi connectivity index (χ4n) is 3.79. The van der Waals surface area contributed by atoms with Crippen LogP contribution in [0.1, 0.15) is 46.5 Å². The third-order valence-corrected chi connectivity index (χ3v) is 4.63. The van der Waals surface area contributed by atoms with Crippen molar-refractivity contribution in [2.24, 2.45) is 5.92 Å². The van der Waals surface area contributed by atoms with Crippen molar-refractivity contribution in [3.05, 3.63) is 0 Å². The lowest BCUT2D eigenvalue weighted by molar-refractivity contribution is 0.0749. The minimum atomic E-state index is 0.807. The van der Waals surface area contributed by atoms with Crippen molar-refractivity contribution >= 4 is 0 Å². The fourth-order valence-corrected chi connectivity index (χ4v) is 3.79. The second-order valence-corrected chi connectivity index (χ2v) is 6.81. The summed E-state index contributed by atoms with van der Waals surface area (Å²) in [5, 5.41) is 3.53. The molecule has 2 aliphatic rings. The Labute approximate surface area is 119 Å². The Morgan fingerprint density at radius 1 is 1.16 bits per heavy atom. The van der Waals surface area contributed by atoms with Crippen LogP contribution in [0, 0.1) is 5.92 Å². The van der Waals surface area contributed by atoms with E-state index in [0.717, 1.165) is 18.0 Å². The maximum absolute atomic E-state index is 3.53. The zero-order valence-corrected chi connectivity index (χ0v) is 13.2. The van der Waals surface area contributed by atoms with Gasteiger partial charge in [-0.25, -0.2) is 0 Å². The second kappa shape index (κ2) is 7.61. The third kappa shape index (κ3) is 4.44. The van der Waals surface area contributed by atoms with Crippen molar-refractivity contribution in [2.45, 2.75) is 58.5 Å². The summed E-state index contributed by atoms with van der Waals surface area (Å²) in [4.78, 5) is 5.49. The van der Waals surface area contributed by atoms with Crippen LogP contribution >= 0.6 is 0 Å². The Kier molecular flexibility index (Phi) is 6.11. The Balaban J connectivity index is 1.82. The standard InChI is InChI=1S/C16H33N3/c1-4-9-19(16-5-8-17-12-16)15-6-10-18(11-7-15)13-14(2)3/h14-17H,4-13H2,1-3H3. The van der Waals surface area contributed by atoms with E-state index in [0.29, 0.717) is 0 Å². The first-order valence-electron chi connectivity index (χ1n) is 8.39. The molecule has 0 saturated carbocycles. The molecule has 112 valence electrons. The molecule has 0 aliphatic carbocycles. The van der Waals surface area contributed by atoms with Crippen molar-refractivity contribution in [3.63, 3.8) is 0 Å². The van der Waals surface area contributed by atoms with Crippen LogP contribution < -0.4 is 5.32 Å². The van der Waals surface area contributed by atoms with Gasteiger partial charge in [-0.1, -0.05) is 20.8 Å². The Bertz CT molecular complexity index is 240. The number of likely N-dealkylation sites (tertiary alicyclic amines) is 1. The summed E-state index contributed by atoms with van der Waals surface area (Å²) in [7, 11) is 0. The molecule has 0 aromatic heterocycles. The van der Waals surface area contributed by atoms with Crippen molar-refractivity contribution in [1.29, 1.82) is 0 Å². The topological polar surface area (TPSA) is 18.5 Å². The molecule has 0 spiro atoms. The Morgan fingerprint density at radius 2 is 1.89 bits per heavy atom. The van der Waals surface area contributed by atoms with Crippen LogP contribution in [-0.4, -0.2) is 61.2 Å². The molecule has 2 rings (SSSR count). The highest BCUT2D eigenvalue weighted by Crippen LogP contribution is 2.22. The molecule has 2 fully saturated rings. The van der Waals surface area contributed by atoms with E-state index in [2.05, 4.69) is 35.9 Å². The predicted molar refractivity (Wildman–Crippen MR) is 82.6 cm³/mol. The summed E-state index contributed by atoms with van der Waals surface area (Å²) in [6.45, 7) is 14.6. The van der Waals surface area contributed by atoms with E-state index in [9.17, 15) is 0 Å². The van der Waals surface area contributed by atoms with Gasteiger partial charge in [-0.2, -0.15) is 0 Å². The van der Waals surface area contributed by atoms with E-state index in [-0.39, 0.29) is 0 Å². The van der Waals surface area contributed by atoms with Crippen LogP contribution in [0.15, 0.2) is 0 Å². The summed E-state index contributed by atoms with van der Waals surface area (Å²) in [5.41, 5.74) is 0. The van der Waals surface area contributed by atoms with Crippen molar-refractivity contribution in [1.82, 2.24) is 15.1 Å². The highest BCUT2D eigenvalue weighted by molar-refractivity contribution is 4.88. The van der Waals surface area contributed by atoms with Gasteiger partial charge in [0.05, 0.1) is 0 Å². The SMILES string of the molecule is CCCN(C1CCN(CC(C)C)CC1)C1CCNC1. The molecule has 2 aliphatic heterocycles. The van der Waals surface area contributed by atoms with Crippen LogP contribution in [0.3, 0.4) is 0 Å². The number of nitrogens with one attached hydrogen (secondary N) is 1. The molecule has 3 nitrogen and oxygen atoms in total. The molecule has 0 aromatic rings. The molecule has 0 amide bonds. The first-order chi connectivity index (χ1) is 9.20. The molecule has 1 unspecified atom stereocenters. The van der Waals surface area contributed by atoms with Gasteiger partial charge in [-0.3, -0.25) is 4.90 Å². The molecule has 0 bridgehead atoms. The highest BCUT2D eigenvalue weighted by Gasteiger charge is 2.30. The third-order valence-electron chi connectivity index (χ3n) is 4.63. The lowest BCUT2D eigenvalue weighted by atomic mass is 9.99. The van der Waals surface area contributed by atoms with Gasteiger partial charge < -0.3 is 10.2 Å². The van der Waals surface area contributed by atoms with Gasteiger partial charge in [-0.05, 0) is 57.8 Å². The molecule has 1 N–H and O–H groups in total. The lowest BCUT2D eigenvalue weighted by Crippen LogP contribution is -2.50. The molecular formula is C16H33N3. The monoisotopic (exact) mass is 267 g/mol. The Morgan fingerprint density at radius 3 is 2.42 bits per heavy atom. The van der Waals surface area contributed by atoms with Gasteiger partial charge in [0.1, 0.15) is 0 Å². The van der Waals surface area contributed by atoms with Crippen molar-refractivity contribution < 1.29 is 0 Å². The van der Waals surface area contributed by atoms with E-state index in [1.165, 1.54) is 65.0 Å². The van der Waals surface area contributed by atoms with E-state index in [4.69, 9.17) is 0 Å². The van der Waals surface area contributed by atoms with Gasteiger partial charge in [0.15, 0.2) is 0 Å². The summed E-state index contributed by atoms with van der Waals surface area (Å²) < 4.78 is 0. The molecule has 1 atom stereocenters. The van der Waals surface area contributed by atoms with Crippen LogP contribution in [0.4, 0.5) is 0 Å². The van der Waals surface area contributed by atoms with E-state index >= 15 is 0 Å². The van der Waals surface area contributed by atoms with Crippen LogP contribution in [0.25, 0.3) is 0 Å². The number of rotatable bonds is 6. The highest BCUT2D eigenvalue weighted by atomic mass is 15.2. The minimum absolute atomic E-state index is 0.807. The van der Waals surface area contributed by atoms with E-state index in [1.807, 2.05) is 0 Å². The zero-order chi connectivity index (χ0) is 13.7. The van der Waals surface area contributed by atoms with E-state index in [1.54, 1.807) is 0 Å². The maximum Gasteiger partial charge on any atom is 0.0235 e. The first-order valence-corrected chi connectivity index (χ1v) is 8.39. The van der Waals surface area contributed by atoms with Gasteiger partial charge in [0.2, 0.25) is 0 Å². The fraction of sp³-hybridized carbons (Fsp3) is 1.00. The maximum atomic E-state index is 3.53. The lowest BCUT2D eigenvalue weighted by Gasteiger charge is -2.41. The van der Waals surface area contributed by atoms with Gasteiger partial charge in [0.25, 0.3) is 0 Å². The predicted octanol–water partition coefficient (Wildman–Crippen LogP) is 2.18. The summed E-state index contributed by atoms with van der Waals surface area (Å²) >= 11 is 0. The van der Waals surface area contributed by atoms with Crippen LogP contribution in [0.2, 0.25) is 0 Å². The van der Waals surface area contributed by atoms with Gasteiger partial charge >= 0.3 is 0 Å². The van der Waals surface area contributed by atoms with Crippen molar-refractivity contribution in [2.75, 3.05) is 39.3 Å². The van der Waals surface area contributed by atoms with Gasteiger partial charge in [0, 0.05) is 25.2 Å². The largest absolute Gasteiger partial charge is 0.315 e. The molecule has 19 heavy (non-hydrogen) atoms. The quantitative estimate of drug-likeness (QED) is 0.796. The molecule has 2 heterocycles.